The maximum Gasteiger partial charge on any atom is 0.422 e. The summed E-state index contributed by atoms with van der Waals surface area (Å²) in [5.41, 5.74) is 0.0795. The Balaban J connectivity index is 2.42. The predicted octanol–water partition coefficient (Wildman–Crippen LogP) is 1.89. The van der Waals surface area contributed by atoms with Crippen molar-refractivity contribution in [3.63, 3.8) is 0 Å². The van der Waals surface area contributed by atoms with Gasteiger partial charge in [-0.1, -0.05) is 0 Å². The average molecular weight is 264 g/mol. The summed E-state index contributed by atoms with van der Waals surface area (Å²) in [7, 11) is 0. The van der Waals surface area contributed by atoms with Crippen LogP contribution in [0.15, 0.2) is 27.5 Å². The quantitative estimate of drug-likeness (QED) is 0.774. The highest BCUT2D eigenvalue weighted by atomic mass is 16.6. The highest BCUT2D eigenvalue weighted by Gasteiger charge is 2.26. The van der Waals surface area contributed by atoms with Crippen LogP contribution in [0.3, 0.4) is 0 Å². The van der Waals surface area contributed by atoms with Crippen LogP contribution in [0.25, 0.3) is 11.2 Å². The Kier molecular flexibility index (Phi) is 3.18. The maximum atomic E-state index is 12.0. The lowest BCUT2D eigenvalue weighted by Gasteiger charge is -2.22. The van der Waals surface area contributed by atoms with Crippen molar-refractivity contribution >= 4 is 17.2 Å². The van der Waals surface area contributed by atoms with Crippen LogP contribution in [0.4, 0.5) is 0 Å². The molecule has 0 aliphatic heterocycles. The monoisotopic (exact) mass is 264 g/mol. The Labute approximate surface area is 110 Å². The molecular formula is C13H16N2O4. The molecular weight excluding hydrogens is 248 g/mol. The molecule has 0 bridgehead atoms. The van der Waals surface area contributed by atoms with E-state index in [1.807, 2.05) is 0 Å². The summed E-state index contributed by atoms with van der Waals surface area (Å²) in [4.78, 5) is 27.9. The molecule has 0 aliphatic carbocycles. The van der Waals surface area contributed by atoms with Crippen molar-refractivity contribution in [2.24, 2.45) is 0 Å². The van der Waals surface area contributed by atoms with Crippen molar-refractivity contribution in [1.29, 1.82) is 0 Å². The fourth-order valence-electron chi connectivity index (χ4n) is 1.71. The molecule has 1 unspecified atom stereocenters. The molecule has 6 nitrogen and oxygen atoms in total. The van der Waals surface area contributed by atoms with Crippen LogP contribution in [0.5, 0.6) is 0 Å². The number of esters is 1. The van der Waals surface area contributed by atoms with Crippen LogP contribution in [-0.4, -0.2) is 21.1 Å². The Bertz CT molecular complexity index is 663. The zero-order chi connectivity index (χ0) is 14.2. The Morgan fingerprint density at radius 3 is 2.79 bits per heavy atom. The van der Waals surface area contributed by atoms with Crippen molar-refractivity contribution in [3.05, 3.63) is 28.9 Å². The van der Waals surface area contributed by atoms with Crippen LogP contribution < -0.4 is 5.76 Å². The number of oxazole rings is 1. The van der Waals surface area contributed by atoms with E-state index in [-0.39, 0.29) is 0 Å². The third kappa shape index (κ3) is 2.67. The highest BCUT2D eigenvalue weighted by Crippen LogP contribution is 2.18. The second-order valence-corrected chi connectivity index (χ2v) is 5.27. The number of hydrogen-bond acceptors (Lipinski definition) is 5. The molecule has 0 aliphatic rings. The smallest absolute Gasteiger partial charge is 0.422 e. The second kappa shape index (κ2) is 4.53. The molecule has 2 heterocycles. The molecule has 0 saturated carbocycles. The zero-order valence-electron chi connectivity index (χ0n) is 11.3. The normalized spacial score (nSPS) is 13.5. The number of carbonyl (C=O) groups is 1. The summed E-state index contributed by atoms with van der Waals surface area (Å²) in [5, 5.41) is 0. The fraction of sp³-hybridized carbons (Fsp3) is 0.462. The van der Waals surface area contributed by atoms with Crippen LogP contribution >= 0.6 is 0 Å². The molecule has 2 aromatic heterocycles. The molecule has 0 fully saturated rings. The van der Waals surface area contributed by atoms with Gasteiger partial charge in [-0.2, -0.15) is 0 Å². The van der Waals surface area contributed by atoms with E-state index in [0.29, 0.717) is 11.2 Å². The van der Waals surface area contributed by atoms with Gasteiger partial charge in [0.1, 0.15) is 11.6 Å². The van der Waals surface area contributed by atoms with Crippen molar-refractivity contribution in [3.8, 4) is 0 Å². The van der Waals surface area contributed by atoms with Gasteiger partial charge in [0.2, 0.25) is 0 Å². The molecule has 0 radical (unpaired) electrons. The number of pyridine rings is 1. The van der Waals surface area contributed by atoms with Gasteiger partial charge >= 0.3 is 11.7 Å². The van der Waals surface area contributed by atoms with Gasteiger partial charge in [-0.25, -0.2) is 19.1 Å². The summed E-state index contributed by atoms with van der Waals surface area (Å²) in [5.74, 6) is -1.12. The van der Waals surface area contributed by atoms with E-state index in [0.717, 1.165) is 0 Å². The predicted molar refractivity (Wildman–Crippen MR) is 68.8 cm³/mol. The Morgan fingerprint density at radius 1 is 1.47 bits per heavy atom. The van der Waals surface area contributed by atoms with Crippen LogP contribution in [0, 0.1) is 0 Å². The van der Waals surface area contributed by atoms with Gasteiger partial charge in [-0.3, -0.25) is 0 Å². The molecule has 0 N–H and O–H groups in total. The topological polar surface area (TPSA) is 74.3 Å². The van der Waals surface area contributed by atoms with E-state index in [1.54, 1.807) is 39.8 Å². The number of carbonyl (C=O) groups excluding carboxylic acids is 1. The molecule has 0 aromatic carbocycles. The zero-order valence-corrected chi connectivity index (χ0v) is 11.3. The number of nitrogens with zero attached hydrogens (tertiary/aromatic N) is 2. The lowest BCUT2D eigenvalue weighted by Crippen LogP contribution is -2.32. The lowest BCUT2D eigenvalue weighted by atomic mass is 10.2. The largest absolute Gasteiger partial charge is 0.458 e. The van der Waals surface area contributed by atoms with E-state index in [9.17, 15) is 9.59 Å². The minimum atomic E-state index is -0.789. The van der Waals surface area contributed by atoms with Gasteiger partial charge in [0, 0.05) is 6.20 Å². The van der Waals surface area contributed by atoms with E-state index < -0.39 is 23.4 Å². The summed E-state index contributed by atoms with van der Waals surface area (Å²) >= 11 is 0. The molecule has 0 spiro atoms. The maximum absolute atomic E-state index is 12.0. The molecule has 6 heteroatoms. The van der Waals surface area contributed by atoms with Gasteiger partial charge in [0.25, 0.3) is 0 Å². The van der Waals surface area contributed by atoms with E-state index in [1.165, 1.54) is 10.8 Å². The SMILES string of the molecule is CC(C(=O)OC(C)(C)C)n1c(=O)oc2cccnc21. The molecule has 2 aromatic rings. The van der Waals surface area contributed by atoms with Crippen LogP contribution in [0.1, 0.15) is 33.7 Å². The average Bonchev–Trinajstić information content (AvgIpc) is 2.61. The number of hydrogen-bond donors (Lipinski definition) is 0. The number of fused-ring (bicyclic) bond motifs is 1. The number of ether oxygens (including phenoxy) is 1. The number of rotatable bonds is 2. The van der Waals surface area contributed by atoms with Gasteiger partial charge in [-0.15, -0.1) is 0 Å². The minimum absolute atomic E-state index is 0.339. The third-order valence-electron chi connectivity index (χ3n) is 2.51. The van der Waals surface area contributed by atoms with Crippen molar-refractivity contribution in [2.75, 3.05) is 0 Å². The lowest BCUT2D eigenvalue weighted by molar-refractivity contribution is -0.158. The van der Waals surface area contributed by atoms with Crippen molar-refractivity contribution in [1.82, 2.24) is 9.55 Å². The van der Waals surface area contributed by atoms with E-state index in [2.05, 4.69) is 4.98 Å². The first-order valence-corrected chi connectivity index (χ1v) is 5.98. The Hall–Kier alpha value is -2.11. The molecule has 102 valence electrons. The first-order chi connectivity index (χ1) is 8.79. The van der Waals surface area contributed by atoms with Crippen LogP contribution in [-0.2, 0) is 9.53 Å². The summed E-state index contributed by atoms with van der Waals surface area (Å²) in [6.45, 7) is 6.89. The summed E-state index contributed by atoms with van der Waals surface area (Å²) in [6, 6.07) is 2.50. The minimum Gasteiger partial charge on any atom is -0.458 e. The highest BCUT2D eigenvalue weighted by molar-refractivity contribution is 5.77. The van der Waals surface area contributed by atoms with Gasteiger partial charge < -0.3 is 9.15 Å². The van der Waals surface area contributed by atoms with Gasteiger partial charge in [0.15, 0.2) is 11.2 Å². The summed E-state index contributed by atoms with van der Waals surface area (Å²) in [6.07, 6.45) is 1.54. The van der Waals surface area contributed by atoms with Crippen LogP contribution in [0.2, 0.25) is 0 Å². The first-order valence-electron chi connectivity index (χ1n) is 5.98. The summed E-state index contributed by atoms with van der Waals surface area (Å²) < 4.78 is 11.5. The molecule has 2 rings (SSSR count). The van der Waals surface area contributed by atoms with Crippen molar-refractivity contribution in [2.45, 2.75) is 39.3 Å². The van der Waals surface area contributed by atoms with E-state index in [4.69, 9.17) is 9.15 Å². The van der Waals surface area contributed by atoms with Crippen molar-refractivity contribution < 1.29 is 13.9 Å². The van der Waals surface area contributed by atoms with Gasteiger partial charge in [0.05, 0.1) is 0 Å². The molecule has 19 heavy (non-hydrogen) atoms. The number of aromatic nitrogens is 2. The van der Waals surface area contributed by atoms with E-state index >= 15 is 0 Å². The first kappa shape index (κ1) is 13.3. The second-order valence-electron chi connectivity index (χ2n) is 5.27. The third-order valence-corrected chi connectivity index (χ3v) is 2.51. The Morgan fingerprint density at radius 2 is 2.16 bits per heavy atom. The molecule has 0 amide bonds. The fourth-order valence-corrected chi connectivity index (χ4v) is 1.71. The molecule has 1 atom stereocenters. The molecule has 0 saturated heterocycles. The standard InChI is InChI=1S/C13H16N2O4/c1-8(11(16)19-13(2,3)4)15-10-9(18-12(15)17)6-5-7-14-10/h5-8H,1-4H3. The van der Waals surface area contributed by atoms with Gasteiger partial charge in [-0.05, 0) is 39.8 Å².